The summed E-state index contributed by atoms with van der Waals surface area (Å²) < 4.78 is 19.4. The molecule has 0 fully saturated rings. The zero-order valence-corrected chi connectivity index (χ0v) is 14.2. The van der Waals surface area contributed by atoms with Crippen molar-refractivity contribution in [2.75, 3.05) is 33.9 Å². The monoisotopic (exact) mass is 336 g/mol. The van der Waals surface area contributed by atoms with Crippen molar-refractivity contribution >= 4 is 23.3 Å². The molecule has 0 bridgehead atoms. The standard InChI is InChI=1S/C16H20N2O6/c1-10(8-12(15(19)23-4)16(20)24-5)17-18-11-6-7-13(21-2)14(9-11)22-3/h6-9,18H,1-5H3/b17-10-. The van der Waals surface area contributed by atoms with Gasteiger partial charge in [0.2, 0.25) is 0 Å². The second-order valence-corrected chi connectivity index (χ2v) is 4.48. The summed E-state index contributed by atoms with van der Waals surface area (Å²) in [6.45, 7) is 1.61. The SMILES string of the molecule is COC(=O)C(=C/C(C)=N\Nc1ccc(OC)c(OC)c1)C(=O)OC. The van der Waals surface area contributed by atoms with Gasteiger partial charge < -0.3 is 18.9 Å². The van der Waals surface area contributed by atoms with Crippen molar-refractivity contribution in [2.24, 2.45) is 5.10 Å². The second-order valence-electron chi connectivity index (χ2n) is 4.48. The van der Waals surface area contributed by atoms with Gasteiger partial charge in [0.25, 0.3) is 0 Å². The summed E-state index contributed by atoms with van der Waals surface area (Å²) in [5.74, 6) is -0.483. The molecule has 0 atom stereocenters. The van der Waals surface area contributed by atoms with Gasteiger partial charge in [0.1, 0.15) is 5.57 Å². The maximum absolute atomic E-state index is 11.6. The third-order valence-electron chi connectivity index (χ3n) is 2.91. The van der Waals surface area contributed by atoms with E-state index in [4.69, 9.17) is 9.47 Å². The van der Waals surface area contributed by atoms with Crippen LogP contribution in [-0.4, -0.2) is 46.1 Å². The molecule has 8 heteroatoms. The Hall–Kier alpha value is -3.03. The molecule has 1 N–H and O–H groups in total. The van der Waals surface area contributed by atoms with Crippen LogP contribution in [0.3, 0.4) is 0 Å². The molecule has 0 aliphatic heterocycles. The number of ether oxygens (including phenoxy) is 4. The number of methoxy groups -OCH3 is 4. The van der Waals surface area contributed by atoms with Crippen molar-refractivity contribution in [3.8, 4) is 11.5 Å². The fourth-order valence-electron chi connectivity index (χ4n) is 1.72. The molecule has 0 aromatic heterocycles. The summed E-state index contributed by atoms with van der Waals surface area (Å²) in [4.78, 5) is 23.2. The number of carbonyl (C=O) groups excluding carboxylic acids is 2. The highest BCUT2D eigenvalue weighted by Crippen LogP contribution is 2.29. The predicted octanol–water partition coefficient (Wildman–Crippen LogP) is 1.76. The lowest BCUT2D eigenvalue weighted by Gasteiger charge is -2.09. The van der Waals surface area contributed by atoms with E-state index in [1.165, 1.54) is 27.4 Å². The maximum atomic E-state index is 11.6. The minimum atomic E-state index is -0.803. The number of nitrogens with zero attached hydrogens (tertiary/aromatic N) is 1. The molecule has 8 nitrogen and oxygen atoms in total. The van der Waals surface area contributed by atoms with E-state index in [0.717, 1.165) is 0 Å². The lowest BCUT2D eigenvalue weighted by molar-refractivity contribution is -0.144. The molecular formula is C16H20N2O6. The smallest absolute Gasteiger partial charge is 0.345 e. The first kappa shape index (κ1) is 19.0. The minimum Gasteiger partial charge on any atom is -0.493 e. The number of hydrogen-bond donors (Lipinski definition) is 1. The predicted molar refractivity (Wildman–Crippen MR) is 88.4 cm³/mol. The van der Waals surface area contributed by atoms with Gasteiger partial charge in [-0.05, 0) is 25.1 Å². The van der Waals surface area contributed by atoms with E-state index in [2.05, 4.69) is 20.0 Å². The Morgan fingerprint density at radius 3 is 2.08 bits per heavy atom. The van der Waals surface area contributed by atoms with Crippen molar-refractivity contribution < 1.29 is 28.5 Å². The van der Waals surface area contributed by atoms with Crippen molar-refractivity contribution in [3.05, 3.63) is 29.8 Å². The van der Waals surface area contributed by atoms with Crippen LogP contribution in [0.25, 0.3) is 0 Å². The van der Waals surface area contributed by atoms with E-state index in [1.807, 2.05) is 0 Å². The first-order chi connectivity index (χ1) is 11.5. The molecule has 0 amide bonds. The van der Waals surface area contributed by atoms with Crippen LogP contribution in [-0.2, 0) is 19.1 Å². The van der Waals surface area contributed by atoms with E-state index in [-0.39, 0.29) is 5.57 Å². The zero-order valence-electron chi connectivity index (χ0n) is 14.2. The molecule has 0 aliphatic rings. The third-order valence-corrected chi connectivity index (χ3v) is 2.91. The number of rotatable bonds is 7. The van der Waals surface area contributed by atoms with E-state index < -0.39 is 11.9 Å². The first-order valence-electron chi connectivity index (χ1n) is 6.87. The van der Waals surface area contributed by atoms with Gasteiger partial charge in [0, 0.05) is 6.07 Å². The quantitative estimate of drug-likeness (QED) is 0.202. The van der Waals surface area contributed by atoms with Gasteiger partial charge in [0.05, 0.1) is 39.8 Å². The number of benzene rings is 1. The summed E-state index contributed by atoms with van der Waals surface area (Å²) >= 11 is 0. The van der Waals surface area contributed by atoms with Crippen molar-refractivity contribution in [1.29, 1.82) is 0 Å². The molecule has 130 valence electrons. The van der Waals surface area contributed by atoms with Crippen molar-refractivity contribution in [3.63, 3.8) is 0 Å². The van der Waals surface area contributed by atoms with Gasteiger partial charge in [-0.25, -0.2) is 9.59 Å². The van der Waals surface area contributed by atoms with Gasteiger partial charge in [-0.2, -0.15) is 5.10 Å². The molecule has 0 heterocycles. The molecule has 0 saturated heterocycles. The Bertz CT molecular complexity index is 649. The summed E-state index contributed by atoms with van der Waals surface area (Å²) in [6, 6.07) is 5.15. The van der Waals surface area contributed by atoms with E-state index in [0.29, 0.717) is 22.9 Å². The van der Waals surface area contributed by atoms with E-state index >= 15 is 0 Å². The molecule has 1 rings (SSSR count). The highest BCUT2D eigenvalue weighted by atomic mass is 16.5. The Balaban J connectivity index is 2.98. The Labute approximate surface area is 140 Å². The van der Waals surface area contributed by atoms with Gasteiger partial charge in [-0.3, -0.25) is 5.43 Å². The third kappa shape index (κ3) is 5.01. The molecule has 1 aromatic carbocycles. The fourth-order valence-corrected chi connectivity index (χ4v) is 1.72. The molecule has 0 saturated carbocycles. The summed E-state index contributed by atoms with van der Waals surface area (Å²) in [6.07, 6.45) is 1.27. The second kappa shape index (κ2) is 9.19. The van der Waals surface area contributed by atoms with Crippen LogP contribution in [0.1, 0.15) is 6.92 Å². The molecule has 0 spiro atoms. The van der Waals surface area contributed by atoms with Crippen LogP contribution >= 0.6 is 0 Å². The molecule has 1 aromatic rings. The average molecular weight is 336 g/mol. The molecule has 24 heavy (non-hydrogen) atoms. The number of carbonyl (C=O) groups is 2. The van der Waals surface area contributed by atoms with Crippen LogP contribution in [0, 0.1) is 0 Å². The Morgan fingerprint density at radius 1 is 1.00 bits per heavy atom. The van der Waals surface area contributed by atoms with Crippen LogP contribution in [0.15, 0.2) is 34.9 Å². The minimum absolute atomic E-state index is 0.254. The zero-order chi connectivity index (χ0) is 18.1. The van der Waals surface area contributed by atoms with Crippen LogP contribution in [0.2, 0.25) is 0 Å². The number of hydrazone groups is 1. The van der Waals surface area contributed by atoms with Gasteiger partial charge in [0.15, 0.2) is 11.5 Å². The van der Waals surface area contributed by atoms with Crippen molar-refractivity contribution in [2.45, 2.75) is 6.92 Å². The molecular weight excluding hydrogens is 316 g/mol. The van der Waals surface area contributed by atoms with Crippen LogP contribution in [0.5, 0.6) is 11.5 Å². The summed E-state index contributed by atoms with van der Waals surface area (Å²) in [7, 11) is 5.41. The van der Waals surface area contributed by atoms with Gasteiger partial charge in [-0.15, -0.1) is 0 Å². The largest absolute Gasteiger partial charge is 0.493 e. The maximum Gasteiger partial charge on any atom is 0.345 e. The summed E-state index contributed by atoms with van der Waals surface area (Å²) in [5, 5.41) is 4.08. The highest BCUT2D eigenvalue weighted by Gasteiger charge is 2.19. The number of esters is 2. The molecule has 0 aliphatic carbocycles. The van der Waals surface area contributed by atoms with Crippen LogP contribution < -0.4 is 14.9 Å². The number of nitrogens with one attached hydrogen (secondary N) is 1. The average Bonchev–Trinajstić information content (AvgIpc) is 2.62. The lowest BCUT2D eigenvalue weighted by atomic mass is 10.2. The van der Waals surface area contributed by atoms with Crippen LogP contribution in [0.4, 0.5) is 5.69 Å². The molecule has 0 unspecified atom stereocenters. The Kier molecular flexibility index (Phi) is 7.28. The van der Waals surface area contributed by atoms with E-state index in [1.54, 1.807) is 32.2 Å². The first-order valence-corrected chi connectivity index (χ1v) is 6.87. The number of allylic oxidation sites excluding steroid dienone is 1. The Morgan fingerprint density at radius 2 is 1.58 bits per heavy atom. The van der Waals surface area contributed by atoms with Gasteiger partial charge in [-0.1, -0.05) is 0 Å². The topological polar surface area (TPSA) is 95.5 Å². The van der Waals surface area contributed by atoms with Gasteiger partial charge >= 0.3 is 11.9 Å². The normalized spacial score (nSPS) is 10.5. The fraction of sp³-hybridized carbons (Fsp3) is 0.312. The number of anilines is 1. The molecule has 0 radical (unpaired) electrons. The summed E-state index contributed by atoms with van der Waals surface area (Å²) in [5.41, 5.74) is 3.55. The highest BCUT2D eigenvalue weighted by molar-refractivity contribution is 6.18. The van der Waals surface area contributed by atoms with E-state index in [9.17, 15) is 9.59 Å². The van der Waals surface area contributed by atoms with Crippen molar-refractivity contribution in [1.82, 2.24) is 0 Å². The lowest BCUT2D eigenvalue weighted by Crippen LogP contribution is -2.17. The number of hydrogen-bond acceptors (Lipinski definition) is 8.